The van der Waals surface area contributed by atoms with E-state index in [1.807, 2.05) is 0 Å². The fraction of sp³-hybridized carbons (Fsp3) is 0.423. The van der Waals surface area contributed by atoms with Crippen LogP contribution in [-0.2, 0) is 26.2 Å². The molecule has 8 nitrogen and oxygen atoms in total. The SMILES string of the molecule is CC(C(=O)NC1CCCCC1)N(Cc1ccc(Cl)cc1)C(=O)CCN1C(=O)c2ccccc2S1(=O)=O. The molecule has 0 spiro atoms. The fourth-order valence-corrected chi connectivity index (χ4v) is 6.43. The lowest BCUT2D eigenvalue weighted by Gasteiger charge is -2.31. The molecule has 2 aromatic rings. The molecule has 1 unspecified atom stereocenters. The first-order valence-corrected chi connectivity index (χ1v) is 14.0. The maximum atomic E-state index is 13.4. The minimum Gasteiger partial charge on any atom is -0.352 e. The van der Waals surface area contributed by atoms with Gasteiger partial charge in [0.25, 0.3) is 15.9 Å². The zero-order chi connectivity index (χ0) is 25.9. The van der Waals surface area contributed by atoms with Crippen molar-refractivity contribution in [3.8, 4) is 0 Å². The summed E-state index contributed by atoms with van der Waals surface area (Å²) in [6.45, 7) is 1.51. The lowest BCUT2D eigenvalue weighted by Crippen LogP contribution is -2.50. The second kappa shape index (κ2) is 11.0. The Kier molecular flexibility index (Phi) is 8.00. The van der Waals surface area contributed by atoms with E-state index in [1.54, 1.807) is 43.3 Å². The Labute approximate surface area is 216 Å². The molecule has 1 aliphatic heterocycles. The molecule has 0 aromatic heterocycles. The summed E-state index contributed by atoms with van der Waals surface area (Å²) in [5.74, 6) is -1.32. The molecule has 1 saturated carbocycles. The quantitative estimate of drug-likeness (QED) is 0.559. The highest BCUT2D eigenvalue weighted by atomic mass is 35.5. The molecule has 1 fully saturated rings. The molecular weight excluding hydrogens is 502 g/mol. The van der Waals surface area contributed by atoms with E-state index in [-0.39, 0.29) is 41.9 Å². The number of sulfonamides is 1. The van der Waals surface area contributed by atoms with E-state index in [4.69, 9.17) is 11.6 Å². The second-order valence-corrected chi connectivity index (χ2v) is 11.6. The summed E-state index contributed by atoms with van der Waals surface area (Å²) in [6, 6.07) is 12.3. The topological polar surface area (TPSA) is 104 Å². The molecule has 2 aliphatic rings. The number of halogens is 1. The van der Waals surface area contributed by atoms with Gasteiger partial charge in [0.2, 0.25) is 11.8 Å². The lowest BCUT2D eigenvalue weighted by atomic mass is 9.95. The van der Waals surface area contributed by atoms with Crippen LogP contribution in [-0.4, -0.2) is 54.0 Å². The third kappa shape index (κ3) is 5.57. The predicted octanol–water partition coefficient (Wildman–Crippen LogP) is 3.74. The molecule has 0 bridgehead atoms. The van der Waals surface area contributed by atoms with Gasteiger partial charge in [-0.05, 0) is 49.6 Å². The van der Waals surface area contributed by atoms with Gasteiger partial charge in [-0.2, -0.15) is 0 Å². The highest BCUT2D eigenvalue weighted by Gasteiger charge is 2.41. The average molecular weight is 532 g/mol. The van der Waals surface area contributed by atoms with Crippen LogP contribution in [0.5, 0.6) is 0 Å². The predicted molar refractivity (Wildman–Crippen MR) is 136 cm³/mol. The van der Waals surface area contributed by atoms with Crippen molar-refractivity contribution in [2.24, 2.45) is 0 Å². The number of nitrogens with zero attached hydrogens (tertiary/aromatic N) is 2. The zero-order valence-electron chi connectivity index (χ0n) is 20.2. The van der Waals surface area contributed by atoms with E-state index < -0.39 is 27.9 Å². The Morgan fingerprint density at radius 3 is 2.42 bits per heavy atom. The number of carbonyl (C=O) groups excluding carboxylic acids is 3. The molecule has 192 valence electrons. The molecule has 3 amide bonds. The standard InChI is InChI=1S/C26H30ClN3O5S/c1-18(25(32)28-21-7-3-2-4-8-21)29(17-19-11-13-20(27)14-12-19)24(31)15-16-30-26(33)22-9-5-6-10-23(22)36(30,34)35/h5-6,9-14,18,21H,2-4,7-8,15-17H2,1H3,(H,28,32). The summed E-state index contributed by atoms with van der Waals surface area (Å²) in [5, 5.41) is 3.62. The summed E-state index contributed by atoms with van der Waals surface area (Å²) in [4.78, 5) is 40.6. The summed E-state index contributed by atoms with van der Waals surface area (Å²) >= 11 is 5.99. The Bertz CT molecular complexity index is 1240. The highest BCUT2D eigenvalue weighted by Crippen LogP contribution is 2.30. The number of carbonyl (C=O) groups is 3. The van der Waals surface area contributed by atoms with Crippen LogP contribution in [0.15, 0.2) is 53.4 Å². The van der Waals surface area contributed by atoms with Crippen molar-refractivity contribution in [3.05, 3.63) is 64.7 Å². The van der Waals surface area contributed by atoms with Gasteiger partial charge in [-0.3, -0.25) is 14.4 Å². The van der Waals surface area contributed by atoms with Gasteiger partial charge in [-0.15, -0.1) is 0 Å². The maximum Gasteiger partial charge on any atom is 0.269 e. The van der Waals surface area contributed by atoms with Crippen LogP contribution in [0, 0.1) is 0 Å². The molecule has 1 N–H and O–H groups in total. The van der Waals surface area contributed by atoms with E-state index in [1.165, 1.54) is 17.0 Å². The van der Waals surface area contributed by atoms with Gasteiger partial charge in [0.05, 0.1) is 5.56 Å². The summed E-state index contributed by atoms with van der Waals surface area (Å²) in [5.41, 5.74) is 0.880. The summed E-state index contributed by atoms with van der Waals surface area (Å²) in [6.07, 6.45) is 4.87. The van der Waals surface area contributed by atoms with E-state index in [0.29, 0.717) is 5.02 Å². The molecular formula is C26H30ClN3O5S. The number of amides is 3. The van der Waals surface area contributed by atoms with Crippen molar-refractivity contribution in [3.63, 3.8) is 0 Å². The van der Waals surface area contributed by atoms with Crippen LogP contribution in [0.2, 0.25) is 5.02 Å². The van der Waals surface area contributed by atoms with Crippen molar-refractivity contribution in [1.29, 1.82) is 0 Å². The zero-order valence-corrected chi connectivity index (χ0v) is 21.7. The third-order valence-electron chi connectivity index (χ3n) is 6.83. The number of fused-ring (bicyclic) bond motifs is 1. The van der Waals surface area contributed by atoms with Crippen molar-refractivity contribution < 1.29 is 22.8 Å². The summed E-state index contributed by atoms with van der Waals surface area (Å²) in [7, 11) is -4.02. The molecule has 4 rings (SSSR count). The minimum absolute atomic E-state index is 0.0549. The first kappa shape index (κ1) is 26.2. The Balaban J connectivity index is 1.49. The molecule has 36 heavy (non-hydrogen) atoms. The number of hydrogen-bond acceptors (Lipinski definition) is 5. The number of rotatable bonds is 8. The van der Waals surface area contributed by atoms with Gasteiger partial charge >= 0.3 is 0 Å². The third-order valence-corrected chi connectivity index (χ3v) is 8.92. The van der Waals surface area contributed by atoms with Crippen molar-refractivity contribution in [2.45, 2.75) is 69.0 Å². The summed E-state index contributed by atoms with van der Waals surface area (Å²) < 4.78 is 26.5. The van der Waals surface area contributed by atoms with Gasteiger partial charge in [-0.1, -0.05) is 55.1 Å². The average Bonchev–Trinajstić information content (AvgIpc) is 3.07. The minimum atomic E-state index is -4.02. The molecule has 2 aromatic carbocycles. The Morgan fingerprint density at radius 2 is 1.75 bits per heavy atom. The largest absolute Gasteiger partial charge is 0.352 e. The van der Waals surface area contributed by atoms with E-state index in [0.717, 1.165) is 42.0 Å². The number of benzene rings is 2. The molecule has 0 saturated heterocycles. The van der Waals surface area contributed by atoms with Crippen LogP contribution in [0.3, 0.4) is 0 Å². The van der Waals surface area contributed by atoms with Gasteiger partial charge < -0.3 is 10.2 Å². The fourth-order valence-electron chi connectivity index (χ4n) is 4.73. The highest BCUT2D eigenvalue weighted by molar-refractivity contribution is 7.90. The lowest BCUT2D eigenvalue weighted by molar-refractivity contribution is -0.141. The second-order valence-electron chi connectivity index (χ2n) is 9.30. The smallest absolute Gasteiger partial charge is 0.269 e. The Hall–Kier alpha value is -2.91. The van der Waals surface area contributed by atoms with E-state index >= 15 is 0 Å². The van der Waals surface area contributed by atoms with Gasteiger partial charge in [0.15, 0.2) is 0 Å². The molecule has 1 atom stereocenters. The van der Waals surface area contributed by atoms with Gasteiger partial charge in [0, 0.05) is 30.6 Å². The first-order valence-electron chi connectivity index (χ1n) is 12.2. The maximum absolute atomic E-state index is 13.4. The van der Waals surface area contributed by atoms with Crippen molar-refractivity contribution in [1.82, 2.24) is 14.5 Å². The van der Waals surface area contributed by atoms with Crippen LogP contribution < -0.4 is 5.32 Å². The molecule has 0 radical (unpaired) electrons. The molecule has 10 heteroatoms. The van der Waals surface area contributed by atoms with Crippen molar-refractivity contribution in [2.75, 3.05) is 6.54 Å². The van der Waals surface area contributed by atoms with Crippen LogP contribution in [0.25, 0.3) is 0 Å². The first-order chi connectivity index (χ1) is 17.2. The normalized spacial score (nSPS) is 17.9. The molecule has 1 heterocycles. The van der Waals surface area contributed by atoms with Crippen LogP contribution in [0.4, 0.5) is 0 Å². The molecule has 1 aliphatic carbocycles. The van der Waals surface area contributed by atoms with Crippen LogP contribution >= 0.6 is 11.6 Å². The van der Waals surface area contributed by atoms with Gasteiger partial charge in [-0.25, -0.2) is 12.7 Å². The van der Waals surface area contributed by atoms with Gasteiger partial charge in [0.1, 0.15) is 10.9 Å². The Morgan fingerprint density at radius 1 is 1.08 bits per heavy atom. The van der Waals surface area contributed by atoms with Crippen molar-refractivity contribution >= 4 is 39.3 Å². The van der Waals surface area contributed by atoms with E-state index in [2.05, 4.69) is 5.32 Å². The van der Waals surface area contributed by atoms with Crippen LogP contribution in [0.1, 0.15) is 61.4 Å². The van der Waals surface area contributed by atoms with E-state index in [9.17, 15) is 22.8 Å². The number of nitrogens with one attached hydrogen (secondary N) is 1. The number of hydrogen-bond donors (Lipinski definition) is 1. The monoisotopic (exact) mass is 531 g/mol.